The average molecular weight is 720 g/mol. The van der Waals surface area contributed by atoms with Gasteiger partial charge in [0.25, 0.3) is 0 Å². The highest BCUT2D eigenvalue weighted by atomic mass is 15.2. The number of hydrogen-bond acceptors (Lipinski definition) is 3. The van der Waals surface area contributed by atoms with Crippen molar-refractivity contribution in [1.82, 2.24) is 5.32 Å². The Bertz CT molecular complexity index is 2670. The van der Waals surface area contributed by atoms with Gasteiger partial charge in [0.2, 0.25) is 0 Å². The summed E-state index contributed by atoms with van der Waals surface area (Å²) in [7, 11) is 0. The van der Waals surface area contributed by atoms with Crippen LogP contribution in [0.25, 0.3) is 28.0 Å². The lowest BCUT2D eigenvalue weighted by molar-refractivity contribution is 0.621. The summed E-state index contributed by atoms with van der Waals surface area (Å²) in [5.74, 6) is 0. The van der Waals surface area contributed by atoms with E-state index < -0.39 is 5.41 Å². The summed E-state index contributed by atoms with van der Waals surface area (Å²) in [6.45, 7) is 0.726. The Balaban J connectivity index is 1.14. The Morgan fingerprint density at radius 2 is 1.05 bits per heavy atom. The first-order valence-electron chi connectivity index (χ1n) is 19.4. The number of hydrogen-bond donors (Lipinski definition) is 2. The maximum atomic E-state index is 7.17. The summed E-state index contributed by atoms with van der Waals surface area (Å²) in [5.41, 5.74) is 24.2. The number of fused-ring (bicyclic) bond motifs is 9. The molecule has 268 valence electrons. The molecule has 10 rings (SSSR count). The first kappa shape index (κ1) is 33.6. The number of nitrogens with two attached hydrogens (primary N) is 1. The normalized spacial score (nSPS) is 14.1. The fourth-order valence-corrected chi connectivity index (χ4v) is 9.14. The topological polar surface area (TPSA) is 41.3 Å². The molecule has 8 aromatic rings. The van der Waals surface area contributed by atoms with Crippen molar-refractivity contribution in [2.24, 2.45) is 5.73 Å². The largest absolute Gasteiger partial charge is 0.398 e. The first-order valence-corrected chi connectivity index (χ1v) is 19.4. The van der Waals surface area contributed by atoms with E-state index in [2.05, 4.69) is 223 Å². The molecular weight excluding hydrogens is 679 g/mol. The van der Waals surface area contributed by atoms with Gasteiger partial charge < -0.3 is 16.0 Å². The minimum atomic E-state index is -0.531. The van der Waals surface area contributed by atoms with E-state index in [9.17, 15) is 0 Å². The summed E-state index contributed by atoms with van der Waals surface area (Å²) in [6, 6.07) is 74.3. The number of rotatable bonds is 8. The fraction of sp³-hybridized carbons (Fsp3) is 0.0566. The molecule has 0 fully saturated rings. The Kier molecular flexibility index (Phi) is 8.43. The summed E-state index contributed by atoms with van der Waals surface area (Å²) in [5, 5.41) is 3.77. The van der Waals surface area contributed by atoms with Crippen LogP contribution in [0, 0.1) is 0 Å². The number of para-hydroxylation sites is 3. The van der Waals surface area contributed by atoms with Crippen molar-refractivity contribution in [2.75, 3.05) is 4.90 Å². The van der Waals surface area contributed by atoms with E-state index in [0.29, 0.717) is 0 Å². The fourth-order valence-electron chi connectivity index (χ4n) is 9.14. The Morgan fingerprint density at radius 1 is 0.518 bits per heavy atom. The van der Waals surface area contributed by atoms with Gasteiger partial charge in [-0.1, -0.05) is 176 Å². The van der Waals surface area contributed by atoms with Crippen LogP contribution in [-0.2, 0) is 12.0 Å². The quantitative estimate of drug-likeness (QED) is 0.164. The Morgan fingerprint density at radius 3 is 1.75 bits per heavy atom. The van der Waals surface area contributed by atoms with Crippen LogP contribution in [-0.4, -0.2) is 0 Å². The van der Waals surface area contributed by atoms with E-state index in [1.807, 2.05) is 0 Å². The van der Waals surface area contributed by atoms with Crippen LogP contribution in [0.1, 0.15) is 45.0 Å². The van der Waals surface area contributed by atoms with Gasteiger partial charge in [-0.3, -0.25) is 0 Å². The standard InChI is InChI=1S/C53H41N3/c54-49(35-50(38-20-6-2-7-21-38)55-36-37-18-4-1-5-19-37)44-26-11-10-24-41(44)39-32-33-43-42-25-12-13-27-45(42)53(48(43)34-39)46-28-14-16-30-51(46)56(40-22-8-3-9-23-40)52-31-17-15-29-47(52)53/h1-35,50,55H,36,54H2/b49-35-. The third-order valence-electron chi connectivity index (χ3n) is 11.6. The summed E-state index contributed by atoms with van der Waals surface area (Å²) in [4.78, 5) is 2.43. The van der Waals surface area contributed by atoms with Crippen molar-refractivity contribution in [2.45, 2.75) is 18.0 Å². The highest BCUT2D eigenvalue weighted by Gasteiger charge is 2.51. The lowest BCUT2D eigenvalue weighted by Crippen LogP contribution is -2.36. The van der Waals surface area contributed by atoms with Gasteiger partial charge >= 0.3 is 0 Å². The van der Waals surface area contributed by atoms with Crippen LogP contribution in [0.2, 0.25) is 0 Å². The second-order valence-corrected chi connectivity index (χ2v) is 14.7. The molecule has 0 radical (unpaired) electrons. The third kappa shape index (κ3) is 5.47. The smallest absolute Gasteiger partial charge is 0.0754 e. The van der Waals surface area contributed by atoms with Gasteiger partial charge in [-0.15, -0.1) is 0 Å². The number of anilines is 3. The minimum absolute atomic E-state index is 0.0787. The van der Waals surface area contributed by atoms with E-state index >= 15 is 0 Å². The molecule has 3 heteroatoms. The van der Waals surface area contributed by atoms with Gasteiger partial charge in [0.1, 0.15) is 0 Å². The molecule has 1 aliphatic heterocycles. The van der Waals surface area contributed by atoms with Crippen molar-refractivity contribution in [1.29, 1.82) is 0 Å². The predicted octanol–water partition coefficient (Wildman–Crippen LogP) is 12.3. The molecule has 1 spiro atoms. The monoisotopic (exact) mass is 719 g/mol. The molecule has 56 heavy (non-hydrogen) atoms. The second-order valence-electron chi connectivity index (χ2n) is 14.7. The van der Waals surface area contributed by atoms with E-state index in [4.69, 9.17) is 5.73 Å². The molecule has 2 aliphatic rings. The lowest BCUT2D eigenvalue weighted by atomic mass is 9.64. The molecule has 1 heterocycles. The summed E-state index contributed by atoms with van der Waals surface area (Å²) < 4.78 is 0. The van der Waals surface area contributed by atoms with Gasteiger partial charge in [-0.05, 0) is 92.0 Å². The molecule has 8 aromatic carbocycles. The van der Waals surface area contributed by atoms with Gasteiger partial charge in [0, 0.05) is 23.5 Å². The molecule has 0 saturated carbocycles. The molecule has 3 nitrogen and oxygen atoms in total. The molecule has 1 aliphatic carbocycles. The zero-order valence-electron chi connectivity index (χ0n) is 31.0. The molecule has 1 atom stereocenters. The van der Waals surface area contributed by atoms with Crippen LogP contribution in [0.3, 0.4) is 0 Å². The van der Waals surface area contributed by atoms with E-state index in [1.54, 1.807) is 0 Å². The zero-order valence-corrected chi connectivity index (χ0v) is 31.0. The highest BCUT2D eigenvalue weighted by molar-refractivity contribution is 5.97. The number of nitrogens with zero attached hydrogens (tertiary/aromatic N) is 1. The Hall–Kier alpha value is -6.94. The van der Waals surface area contributed by atoms with Crippen LogP contribution in [0.15, 0.2) is 212 Å². The highest BCUT2D eigenvalue weighted by Crippen LogP contribution is 2.63. The summed E-state index contributed by atoms with van der Waals surface area (Å²) in [6.07, 6.45) is 2.17. The third-order valence-corrected chi connectivity index (χ3v) is 11.6. The number of benzene rings is 8. The predicted molar refractivity (Wildman–Crippen MR) is 232 cm³/mol. The van der Waals surface area contributed by atoms with E-state index in [0.717, 1.165) is 34.6 Å². The molecule has 0 aromatic heterocycles. The van der Waals surface area contributed by atoms with Crippen molar-refractivity contribution in [3.63, 3.8) is 0 Å². The van der Waals surface area contributed by atoms with Crippen LogP contribution < -0.4 is 16.0 Å². The maximum Gasteiger partial charge on any atom is 0.0754 e. The minimum Gasteiger partial charge on any atom is -0.398 e. The molecule has 0 amide bonds. The van der Waals surface area contributed by atoms with Crippen molar-refractivity contribution in [3.05, 3.63) is 251 Å². The lowest BCUT2D eigenvalue weighted by Gasteiger charge is -2.45. The van der Waals surface area contributed by atoms with E-state index in [-0.39, 0.29) is 6.04 Å². The van der Waals surface area contributed by atoms with Crippen LogP contribution in [0.5, 0.6) is 0 Å². The zero-order chi connectivity index (χ0) is 37.5. The molecule has 0 bridgehead atoms. The first-order chi connectivity index (χ1) is 27.7. The van der Waals surface area contributed by atoms with Crippen molar-refractivity contribution < 1.29 is 0 Å². The Labute approximate surface area is 329 Å². The number of nitrogens with one attached hydrogen (secondary N) is 1. The maximum absolute atomic E-state index is 7.17. The molecule has 0 saturated heterocycles. The molecule has 1 unspecified atom stereocenters. The van der Waals surface area contributed by atoms with Crippen LogP contribution in [0.4, 0.5) is 17.1 Å². The van der Waals surface area contributed by atoms with Gasteiger partial charge in [0.15, 0.2) is 0 Å². The second kappa shape index (κ2) is 14.0. The van der Waals surface area contributed by atoms with E-state index in [1.165, 1.54) is 55.9 Å². The van der Waals surface area contributed by atoms with Gasteiger partial charge in [-0.2, -0.15) is 0 Å². The van der Waals surface area contributed by atoms with Crippen molar-refractivity contribution in [3.8, 4) is 22.3 Å². The molecule has 3 N–H and O–H groups in total. The van der Waals surface area contributed by atoms with Crippen LogP contribution >= 0.6 is 0 Å². The summed E-state index contributed by atoms with van der Waals surface area (Å²) >= 11 is 0. The van der Waals surface area contributed by atoms with Gasteiger partial charge in [-0.25, -0.2) is 0 Å². The van der Waals surface area contributed by atoms with Gasteiger partial charge in [0.05, 0.1) is 22.8 Å². The molecular formula is C53H41N3. The average Bonchev–Trinajstić information content (AvgIpc) is 3.56. The van der Waals surface area contributed by atoms with Crippen molar-refractivity contribution >= 4 is 22.8 Å². The SMILES string of the molecule is N/C(=C\C(NCc1ccccc1)c1ccccc1)c1ccccc1-c1ccc2c(c1)C1(c3ccccc3-2)c2ccccc2N(c2ccccc2)c2ccccc21.